The lowest BCUT2D eigenvalue weighted by Gasteiger charge is -2.31. The van der Waals surface area contributed by atoms with Crippen LogP contribution in [-0.4, -0.2) is 72.5 Å². The van der Waals surface area contributed by atoms with Crippen molar-refractivity contribution in [2.75, 3.05) is 45.9 Å². The lowest BCUT2D eigenvalue weighted by atomic mass is 10.1. The number of hydrogen-bond acceptors (Lipinski definition) is 5. The molecule has 0 saturated carbocycles. The fourth-order valence-electron chi connectivity index (χ4n) is 4.24. The highest BCUT2D eigenvalue weighted by Crippen LogP contribution is 2.23. The molecule has 1 aliphatic rings. The Balaban J connectivity index is 1.55. The van der Waals surface area contributed by atoms with Crippen molar-refractivity contribution in [3.8, 4) is 0 Å². The van der Waals surface area contributed by atoms with Crippen molar-refractivity contribution in [3.63, 3.8) is 0 Å². The maximum atomic E-state index is 13.7. The summed E-state index contributed by atoms with van der Waals surface area (Å²) in [5.41, 5.74) is 1.10. The van der Waals surface area contributed by atoms with Crippen LogP contribution in [0.1, 0.15) is 25.7 Å². The van der Waals surface area contributed by atoms with Crippen LogP contribution in [0.25, 0.3) is 0 Å². The summed E-state index contributed by atoms with van der Waals surface area (Å²) in [5, 5.41) is 0.669. The van der Waals surface area contributed by atoms with Crippen molar-refractivity contribution in [1.29, 1.82) is 0 Å². The van der Waals surface area contributed by atoms with E-state index in [0.717, 1.165) is 28.4 Å². The van der Waals surface area contributed by atoms with Crippen molar-refractivity contribution in [3.05, 3.63) is 91.3 Å². The highest BCUT2D eigenvalue weighted by Gasteiger charge is 2.25. The van der Waals surface area contributed by atoms with E-state index < -0.39 is 0 Å². The van der Waals surface area contributed by atoms with Gasteiger partial charge in [-0.2, -0.15) is 0 Å². The Hall–Kier alpha value is -2.49. The third-order valence-corrected chi connectivity index (χ3v) is 7.88. The Morgan fingerprint density at radius 3 is 2.39 bits per heavy atom. The average molecular weight is 579 g/mol. The van der Waals surface area contributed by atoms with Gasteiger partial charge in [0.25, 0.3) is 5.91 Å². The van der Waals surface area contributed by atoms with E-state index in [0.29, 0.717) is 50.0 Å². The predicted octanol–water partition coefficient (Wildman–Crippen LogP) is 5.51. The van der Waals surface area contributed by atoms with Crippen molar-refractivity contribution in [2.24, 2.45) is 0 Å². The third kappa shape index (κ3) is 8.01. The minimum Gasteiger partial charge on any atom is -0.379 e. The molecule has 6 nitrogen and oxygen atoms in total. The molecule has 1 saturated heterocycles. The van der Waals surface area contributed by atoms with Crippen LogP contribution in [0.15, 0.2) is 54.6 Å². The molecular weight excluding hydrogens is 548 g/mol. The standard InChI is InChI=1S/C28H30Cl2FN3O3S/c1-20-2-8-24(38-20)18-34(17-21-3-6-23(31)7-4-21)27(35)19-33(11-10-32-12-14-37-15-13-32)28(36)25-9-5-22(29)16-26(25)30/h2-9,16H,10-15,17-19H2,1H3. The maximum absolute atomic E-state index is 13.7. The van der Waals surface area contributed by atoms with Gasteiger partial charge in [0.15, 0.2) is 0 Å². The average Bonchev–Trinajstić information content (AvgIpc) is 3.32. The molecule has 0 radical (unpaired) electrons. The number of nitrogens with zero attached hydrogens (tertiary/aromatic N) is 3. The van der Waals surface area contributed by atoms with E-state index in [-0.39, 0.29) is 29.2 Å². The molecule has 10 heteroatoms. The number of rotatable bonds is 10. The van der Waals surface area contributed by atoms with Crippen molar-refractivity contribution >= 4 is 46.4 Å². The van der Waals surface area contributed by atoms with Gasteiger partial charge in [-0.15, -0.1) is 11.3 Å². The first kappa shape index (κ1) is 28.5. The molecule has 2 heterocycles. The van der Waals surface area contributed by atoms with E-state index in [2.05, 4.69) is 4.90 Å². The molecule has 1 fully saturated rings. The Labute approximate surface area is 236 Å². The zero-order valence-electron chi connectivity index (χ0n) is 21.2. The van der Waals surface area contributed by atoms with E-state index in [9.17, 15) is 14.0 Å². The largest absolute Gasteiger partial charge is 0.379 e. The molecule has 0 aliphatic carbocycles. The first-order chi connectivity index (χ1) is 18.3. The maximum Gasteiger partial charge on any atom is 0.255 e. The van der Waals surface area contributed by atoms with Gasteiger partial charge in [-0.1, -0.05) is 35.3 Å². The predicted molar refractivity (Wildman–Crippen MR) is 149 cm³/mol. The number of carbonyl (C=O) groups excluding carboxylic acids is 2. The lowest BCUT2D eigenvalue weighted by Crippen LogP contribution is -2.47. The second-order valence-corrected chi connectivity index (χ2v) is 11.4. The zero-order valence-corrected chi connectivity index (χ0v) is 23.5. The smallest absolute Gasteiger partial charge is 0.255 e. The number of thiophene rings is 1. The molecule has 0 N–H and O–H groups in total. The van der Waals surface area contributed by atoms with Crippen molar-refractivity contribution in [2.45, 2.75) is 20.0 Å². The fraction of sp³-hybridized carbons (Fsp3) is 0.357. The SMILES string of the molecule is Cc1ccc(CN(Cc2ccc(F)cc2)C(=O)CN(CCN2CCOCC2)C(=O)c2ccc(Cl)cc2Cl)s1. The third-order valence-electron chi connectivity index (χ3n) is 6.35. The Morgan fingerprint density at radius 1 is 1.00 bits per heavy atom. The number of aryl methyl sites for hydroxylation is 1. The number of benzene rings is 2. The van der Waals surface area contributed by atoms with Gasteiger partial charge in [0.1, 0.15) is 12.4 Å². The summed E-state index contributed by atoms with van der Waals surface area (Å²) in [6, 6.07) is 14.8. The van der Waals surface area contributed by atoms with Gasteiger partial charge in [-0.05, 0) is 55.0 Å². The van der Waals surface area contributed by atoms with Crippen LogP contribution < -0.4 is 0 Å². The first-order valence-electron chi connectivity index (χ1n) is 12.4. The number of amides is 2. The van der Waals surface area contributed by atoms with E-state index in [1.807, 2.05) is 19.1 Å². The molecule has 0 bridgehead atoms. The molecule has 2 amide bonds. The van der Waals surface area contributed by atoms with Gasteiger partial charge in [0, 0.05) is 47.5 Å². The van der Waals surface area contributed by atoms with E-state index >= 15 is 0 Å². The van der Waals surface area contributed by atoms with Crippen LogP contribution in [0.4, 0.5) is 4.39 Å². The molecule has 0 unspecified atom stereocenters. The molecule has 202 valence electrons. The summed E-state index contributed by atoms with van der Waals surface area (Å²) in [6.07, 6.45) is 0. The quantitative estimate of drug-likeness (QED) is 0.319. The zero-order chi connectivity index (χ0) is 27.1. The van der Waals surface area contributed by atoms with Gasteiger partial charge < -0.3 is 14.5 Å². The van der Waals surface area contributed by atoms with Gasteiger partial charge in [0.05, 0.1) is 30.3 Å². The number of morpholine rings is 1. The summed E-state index contributed by atoms with van der Waals surface area (Å²) in [6.45, 7) is 6.37. The Kier molecular flexibility index (Phi) is 10.2. The normalized spacial score (nSPS) is 13.9. The van der Waals surface area contributed by atoms with Crippen LogP contribution in [0.3, 0.4) is 0 Å². The van der Waals surface area contributed by atoms with Crippen LogP contribution in [0.5, 0.6) is 0 Å². The van der Waals surface area contributed by atoms with Gasteiger partial charge >= 0.3 is 0 Å². The number of halogens is 3. The topological polar surface area (TPSA) is 53.1 Å². The van der Waals surface area contributed by atoms with E-state index in [1.54, 1.807) is 45.4 Å². The highest BCUT2D eigenvalue weighted by atomic mass is 35.5. The minimum atomic E-state index is -0.333. The number of hydrogen-bond donors (Lipinski definition) is 0. The Bertz CT molecular complexity index is 1250. The summed E-state index contributed by atoms with van der Waals surface area (Å²) in [5.74, 6) is -0.872. The molecule has 1 aliphatic heterocycles. The van der Waals surface area contributed by atoms with E-state index in [4.69, 9.17) is 27.9 Å². The Morgan fingerprint density at radius 2 is 1.74 bits per heavy atom. The van der Waals surface area contributed by atoms with Crippen LogP contribution in [0, 0.1) is 12.7 Å². The molecule has 0 atom stereocenters. The monoisotopic (exact) mass is 577 g/mol. The molecule has 1 aromatic heterocycles. The summed E-state index contributed by atoms with van der Waals surface area (Å²) < 4.78 is 18.9. The van der Waals surface area contributed by atoms with Gasteiger partial charge in [0.2, 0.25) is 5.91 Å². The number of carbonyl (C=O) groups is 2. The van der Waals surface area contributed by atoms with Crippen molar-refractivity contribution in [1.82, 2.24) is 14.7 Å². The number of ether oxygens (including phenoxy) is 1. The van der Waals surface area contributed by atoms with Crippen molar-refractivity contribution < 1.29 is 18.7 Å². The van der Waals surface area contributed by atoms with Crippen LogP contribution >= 0.6 is 34.5 Å². The fourth-order valence-corrected chi connectivity index (χ4v) is 5.63. The van der Waals surface area contributed by atoms with Crippen LogP contribution in [0.2, 0.25) is 10.0 Å². The lowest BCUT2D eigenvalue weighted by molar-refractivity contribution is -0.133. The van der Waals surface area contributed by atoms with Gasteiger partial charge in [-0.25, -0.2) is 4.39 Å². The molecule has 38 heavy (non-hydrogen) atoms. The summed E-state index contributed by atoms with van der Waals surface area (Å²) in [7, 11) is 0. The van der Waals surface area contributed by atoms with Crippen LogP contribution in [-0.2, 0) is 22.6 Å². The second kappa shape index (κ2) is 13.5. The first-order valence-corrected chi connectivity index (χ1v) is 14.0. The molecule has 0 spiro atoms. The highest BCUT2D eigenvalue weighted by molar-refractivity contribution is 7.11. The summed E-state index contributed by atoms with van der Waals surface area (Å²) >= 11 is 14.0. The molecule has 3 aromatic rings. The second-order valence-electron chi connectivity index (χ2n) is 9.19. The molecule has 4 rings (SSSR count). The van der Waals surface area contributed by atoms with Gasteiger partial charge in [-0.3, -0.25) is 14.5 Å². The van der Waals surface area contributed by atoms with E-state index in [1.165, 1.54) is 18.2 Å². The minimum absolute atomic E-state index is 0.117. The molecular formula is C28H30Cl2FN3O3S. The molecule has 2 aromatic carbocycles. The summed E-state index contributed by atoms with van der Waals surface area (Å²) in [4.78, 5) is 35.0.